The molecule has 0 bridgehead atoms. The zero-order valence-electron chi connectivity index (χ0n) is 10.5. The molecule has 0 saturated carbocycles. The van der Waals surface area contributed by atoms with Gasteiger partial charge in [0.15, 0.2) is 5.60 Å². The zero-order chi connectivity index (χ0) is 13.7. The molecule has 0 aliphatic carbocycles. The van der Waals surface area contributed by atoms with Gasteiger partial charge in [-0.2, -0.15) is 0 Å². The summed E-state index contributed by atoms with van der Waals surface area (Å²) in [7, 11) is 0. The highest BCUT2D eigenvalue weighted by molar-refractivity contribution is 7.17. The Labute approximate surface area is 119 Å². The summed E-state index contributed by atoms with van der Waals surface area (Å²) in [6.45, 7) is 0. The van der Waals surface area contributed by atoms with Crippen LogP contribution in [0.4, 0.5) is 5.69 Å². The quantitative estimate of drug-likeness (QED) is 0.720. The Hall–Kier alpha value is -2.17. The van der Waals surface area contributed by atoms with Crippen LogP contribution in [0.2, 0.25) is 0 Å². The van der Waals surface area contributed by atoms with E-state index in [0.29, 0.717) is 16.8 Å². The standard InChI is InChI=1S/C16H11NO2S/c18-15-16(19,11-5-1-2-7-13(11)17-15)12-6-3-4-10-8-9-20-14(10)12/h1-9,19H,(H,17,18). The Morgan fingerprint density at radius 2 is 1.80 bits per heavy atom. The van der Waals surface area contributed by atoms with Gasteiger partial charge in [0.2, 0.25) is 0 Å². The third-order valence-corrected chi connectivity index (χ3v) is 4.73. The number of aliphatic hydroxyl groups is 1. The van der Waals surface area contributed by atoms with Gasteiger partial charge in [-0.15, -0.1) is 11.3 Å². The fourth-order valence-electron chi connectivity index (χ4n) is 2.79. The molecule has 4 heteroatoms. The Morgan fingerprint density at radius 1 is 1.00 bits per heavy atom. The number of rotatable bonds is 1. The fraction of sp³-hybridized carbons (Fsp3) is 0.0625. The van der Waals surface area contributed by atoms with Crippen molar-refractivity contribution in [1.29, 1.82) is 0 Å². The van der Waals surface area contributed by atoms with Gasteiger partial charge in [-0.1, -0.05) is 36.4 Å². The van der Waals surface area contributed by atoms with Crippen LogP contribution < -0.4 is 5.32 Å². The molecule has 20 heavy (non-hydrogen) atoms. The maximum Gasteiger partial charge on any atom is 0.265 e. The molecular weight excluding hydrogens is 270 g/mol. The summed E-state index contributed by atoms with van der Waals surface area (Å²) in [6, 6.07) is 14.9. The van der Waals surface area contributed by atoms with Crippen molar-refractivity contribution in [2.75, 3.05) is 5.32 Å². The van der Waals surface area contributed by atoms with E-state index in [1.165, 1.54) is 11.3 Å². The summed E-state index contributed by atoms with van der Waals surface area (Å²) in [5, 5.41) is 16.9. The molecule has 4 rings (SSSR count). The number of amides is 1. The molecule has 1 aliphatic heterocycles. The van der Waals surface area contributed by atoms with Gasteiger partial charge in [-0.3, -0.25) is 4.79 Å². The zero-order valence-corrected chi connectivity index (χ0v) is 11.3. The number of benzene rings is 2. The van der Waals surface area contributed by atoms with Gasteiger partial charge >= 0.3 is 0 Å². The first-order chi connectivity index (χ1) is 9.71. The van der Waals surface area contributed by atoms with Crippen LogP contribution in [0.25, 0.3) is 10.1 Å². The van der Waals surface area contributed by atoms with Crippen LogP contribution in [0.5, 0.6) is 0 Å². The van der Waals surface area contributed by atoms with Crippen molar-refractivity contribution < 1.29 is 9.90 Å². The van der Waals surface area contributed by atoms with Gasteiger partial charge in [-0.05, 0) is 22.9 Å². The Kier molecular flexibility index (Phi) is 2.28. The number of para-hydroxylation sites is 1. The highest BCUT2D eigenvalue weighted by atomic mass is 32.1. The monoisotopic (exact) mass is 281 g/mol. The average Bonchev–Trinajstić information content (AvgIpc) is 3.03. The Balaban J connectivity index is 2.06. The lowest BCUT2D eigenvalue weighted by molar-refractivity contribution is -0.129. The predicted octanol–water partition coefficient (Wildman–Crippen LogP) is 3.09. The first kappa shape index (κ1) is 11.6. The first-order valence-corrected chi connectivity index (χ1v) is 7.19. The van der Waals surface area contributed by atoms with Gasteiger partial charge in [0, 0.05) is 21.5 Å². The molecule has 98 valence electrons. The number of thiophene rings is 1. The lowest BCUT2D eigenvalue weighted by Crippen LogP contribution is -2.35. The number of carbonyl (C=O) groups excluding carboxylic acids is 1. The number of carbonyl (C=O) groups is 1. The lowest BCUT2D eigenvalue weighted by Gasteiger charge is -2.22. The molecule has 1 aromatic heterocycles. The lowest BCUT2D eigenvalue weighted by atomic mass is 9.87. The van der Waals surface area contributed by atoms with Crippen molar-refractivity contribution in [3.63, 3.8) is 0 Å². The molecular formula is C16H11NO2S. The van der Waals surface area contributed by atoms with E-state index in [0.717, 1.165) is 10.1 Å². The summed E-state index contributed by atoms with van der Waals surface area (Å²) in [5.74, 6) is -0.389. The molecule has 2 aromatic carbocycles. The molecule has 3 aromatic rings. The second-order valence-corrected chi connectivity index (χ2v) is 5.77. The maximum absolute atomic E-state index is 12.4. The van der Waals surface area contributed by atoms with Crippen LogP contribution >= 0.6 is 11.3 Å². The van der Waals surface area contributed by atoms with E-state index in [4.69, 9.17) is 0 Å². The highest BCUT2D eigenvalue weighted by Crippen LogP contribution is 2.43. The molecule has 2 heterocycles. The van der Waals surface area contributed by atoms with Gasteiger partial charge in [-0.25, -0.2) is 0 Å². The summed E-state index contributed by atoms with van der Waals surface area (Å²) in [4.78, 5) is 12.4. The first-order valence-electron chi connectivity index (χ1n) is 6.31. The minimum absolute atomic E-state index is 0.389. The molecule has 0 radical (unpaired) electrons. The van der Waals surface area contributed by atoms with Crippen LogP contribution in [-0.2, 0) is 10.4 Å². The third kappa shape index (κ3) is 1.35. The molecule has 3 nitrogen and oxygen atoms in total. The van der Waals surface area contributed by atoms with E-state index < -0.39 is 5.60 Å². The van der Waals surface area contributed by atoms with Crippen molar-refractivity contribution in [3.05, 3.63) is 65.0 Å². The number of hydrogen-bond donors (Lipinski definition) is 2. The van der Waals surface area contributed by atoms with Crippen molar-refractivity contribution in [2.24, 2.45) is 0 Å². The van der Waals surface area contributed by atoms with Crippen molar-refractivity contribution in [2.45, 2.75) is 5.60 Å². The molecule has 0 fully saturated rings. The van der Waals surface area contributed by atoms with Crippen molar-refractivity contribution >= 4 is 33.0 Å². The smallest absolute Gasteiger partial charge is 0.265 e. The maximum atomic E-state index is 12.4. The van der Waals surface area contributed by atoms with Gasteiger partial charge in [0.1, 0.15) is 0 Å². The van der Waals surface area contributed by atoms with Gasteiger partial charge in [0.05, 0.1) is 0 Å². The van der Waals surface area contributed by atoms with Crippen LogP contribution in [-0.4, -0.2) is 11.0 Å². The van der Waals surface area contributed by atoms with E-state index >= 15 is 0 Å². The summed E-state index contributed by atoms with van der Waals surface area (Å²) in [6.07, 6.45) is 0. The van der Waals surface area contributed by atoms with E-state index in [2.05, 4.69) is 5.32 Å². The predicted molar refractivity (Wildman–Crippen MR) is 79.9 cm³/mol. The molecule has 2 N–H and O–H groups in total. The van der Waals surface area contributed by atoms with Crippen LogP contribution in [0, 0.1) is 0 Å². The number of fused-ring (bicyclic) bond motifs is 2. The molecule has 0 spiro atoms. The van der Waals surface area contributed by atoms with E-state index in [9.17, 15) is 9.90 Å². The summed E-state index contributed by atoms with van der Waals surface area (Å²) < 4.78 is 0.946. The number of anilines is 1. The summed E-state index contributed by atoms with van der Waals surface area (Å²) in [5.41, 5.74) is 0.327. The molecule has 1 atom stereocenters. The number of nitrogens with one attached hydrogen (secondary N) is 1. The summed E-state index contributed by atoms with van der Waals surface area (Å²) >= 11 is 1.54. The minimum Gasteiger partial charge on any atom is -0.372 e. The largest absolute Gasteiger partial charge is 0.372 e. The minimum atomic E-state index is -1.61. The second-order valence-electron chi connectivity index (χ2n) is 4.85. The molecule has 1 aliphatic rings. The van der Waals surface area contributed by atoms with Crippen LogP contribution in [0.3, 0.4) is 0 Å². The van der Waals surface area contributed by atoms with E-state index in [-0.39, 0.29) is 5.91 Å². The Morgan fingerprint density at radius 3 is 2.70 bits per heavy atom. The molecule has 0 saturated heterocycles. The van der Waals surface area contributed by atoms with E-state index in [1.54, 1.807) is 12.1 Å². The molecule has 1 amide bonds. The highest BCUT2D eigenvalue weighted by Gasteiger charge is 2.47. The number of hydrogen-bond acceptors (Lipinski definition) is 3. The topological polar surface area (TPSA) is 49.3 Å². The third-order valence-electron chi connectivity index (χ3n) is 3.76. The van der Waals surface area contributed by atoms with E-state index in [1.807, 2.05) is 41.8 Å². The van der Waals surface area contributed by atoms with Gasteiger partial charge in [0.25, 0.3) is 5.91 Å². The fourth-order valence-corrected chi connectivity index (χ4v) is 3.75. The van der Waals surface area contributed by atoms with Gasteiger partial charge < -0.3 is 10.4 Å². The molecule has 1 unspecified atom stereocenters. The van der Waals surface area contributed by atoms with Crippen LogP contribution in [0.15, 0.2) is 53.9 Å². The second kappa shape index (κ2) is 3.91. The van der Waals surface area contributed by atoms with Crippen molar-refractivity contribution in [3.8, 4) is 0 Å². The van der Waals surface area contributed by atoms with Crippen molar-refractivity contribution in [1.82, 2.24) is 0 Å². The van der Waals surface area contributed by atoms with Crippen LogP contribution in [0.1, 0.15) is 11.1 Å². The average molecular weight is 281 g/mol. The SMILES string of the molecule is O=C1Nc2ccccc2C1(O)c1cccc2ccsc12. The normalized spacial score (nSPS) is 20.9. The Bertz CT molecular complexity index is 839.